The van der Waals surface area contributed by atoms with Crippen LogP contribution >= 0.6 is 0 Å². The van der Waals surface area contributed by atoms with Gasteiger partial charge >= 0.3 is 5.97 Å². The first-order chi connectivity index (χ1) is 4.70. The highest BCUT2D eigenvalue weighted by Crippen LogP contribution is 2.19. The smallest absolute Gasteiger partial charge is 0.338 e. The summed E-state index contributed by atoms with van der Waals surface area (Å²) in [5, 5.41) is 0. The lowest BCUT2D eigenvalue weighted by Gasteiger charge is -2.13. The van der Waals surface area contributed by atoms with E-state index in [2.05, 4.69) is 6.58 Å². The number of carbonyl (C=O) groups excluding carboxylic acids is 1. The van der Waals surface area contributed by atoms with Gasteiger partial charge in [0.2, 0.25) is 0 Å². The summed E-state index contributed by atoms with van der Waals surface area (Å²) in [4.78, 5) is 10.8. The van der Waals surface area contributed by atoms with Gasteiger partial charge in [0.05, 0.1) is 0 Å². The molecule has 1 aliphatic rings. The van der Waals surface area contributed by atoms with Crippen molar-refractivity contribution in [3.63, 3.8) is 0 Å². The highest BCUT2D eigenvalue weighted by atomic mass is 16.5. The molecule has 10 heavy (non-hydrogen) atoms. The molecule has 0 atom stereocenters. The number of hydrogen-bond acceptors (Lipinski definition) is 2. The first-order valence-electron chi connectivity index (χ1n) is 3.27. The Morgan fingerprint density at radius 1 is 1.80 bits per heavy atom. The van der Waals surface area contributed by atoms with Crippen molar-refractivity contribution in [2.45, 2.75) is 19.8 Å². The molecule has 0 spiro atoms. The summed E-state index contributed by atoms with van der Waals surface area (Å²) in [7, 11) is 0. The third-order valence-corrected chi connectivity index (χ3v) is 1.33. The van der Waals surface area contributed by atoms with Crippen LogP contribution in [-0.4, -0.2) is 5.97 Å². The molecule has 0 bridgehead atoms. The third-order valence-electron chi connectivity index (χ3n) is 1.33. The molecule has 1 aliphatic carbocycles. The van der Waals surface area contributed by atoms with Crippen molar-refractivity contribution in [2.24, 2.45) is 0 Å². The number of carbonyl (C=O) groups is 1. The van der Waals surface area contributed by atoms with Gasteiger partial charge in [-0.05, 0) is 19.4 Å². The van der Waals surface area contributed by atoms with Gasteiger partial charge in [0.25, 0.3) is 0 Å². The highest BCUT2D eigenvalue weighted by Gasteiger charge is 2.11. The standard InChI is InChI=1S/C8H10O2/c1-6(2)8(9)10-7-4-3-5-7/h4H,1,3,5H2,2H3. The van der Waals surface area contributed by atoms with Crippen molar-refractivity contribution in [3.05, 3.63) is 24.0 Å². The molecule has 0 saturated heterocycles. The third kappa shape index (κ3) is 1.47. The van der Waals surface area contributed by atoms with Gasteiger partial charge in [0.1, 0.15) is 5.76 Å². The van der Waals surface area contributed by atoms with Crippen molar-refractivity contribution < 1.29 is 9.53 Å². The Labute approximate surface area is 60.2 Å². The largest absolute Gasteiger partial charge is 0.428 e. The summed E-state index contributed by atoms with van der Waals surface area (Å²) < 4.78 is 4.87. The minimum absolute atomic E-state index is 0.314. The van der Waals surface area contributed by atoms with Crippen LogP contribution in [0.4, 0.5) is 0 Å². The van der Waals surface area contributed by atoms with Crippen LogP contribution in [0.25, 0.3) is 0 Å². The summed E-state index contributed by atoms with van der Waals surface area (Å²) in [6.07, 6.45) is 3.82. The molecule has 0 radical (unpaired) electrons. The van der Waals surface area contributed by atoms with Crippen molar-refractivity contribution in [3.8, 4) is 0 Å². The highest BCUT2D eigenvalue weighted by molar-refractivity contribution is 5.87. The Balaban J connectivity index is 2.38. The van der Waals surface area contributed by atoms with Gasteiger partial charge in [-0.25, -0.2) is 4.79 Å². The monoisotopic (exact) mass is 138 g/mol. The molecule has 0 aromatic carbocycles. The molecular formula is C8H10O2. The quantitative estimate of drug-likeness (QED) is 0.429. The molecule has 0 aromatic rings. The van der Waals surface area contributed by atoms with Crippen molar-refractivity contribution >= 4 is 5.97 Å². The summed E-state index contributed by atoms with van der Waals surface area (Å²) in [5.74, 6) is 0.471. The number of allylic oxidation sites excluding steroid dienone is 2. The summed E-state index contributed by atoms with van der Waals surface area (Å²) in [5.41, 5.74) is 0.452. The Bertz CT molecular complexity index is 201. The number of ether oxygens (including phenoxy) is 1. The van der Waals surface area contributed by atoms with Gasteiger partial charge in [-0.2, -0.15) is 0 Å². The van der Waals surface area contributed by atoms with Crippen LogP contribution in [0.15, 0.2) is 24.0 Å². The van der Waals surface area contributed by atoms with Gasteiger partial charge in [0, 0.05) is 12.0 Å². The lowest BCUT2D eigenvalue weighted by molar-refractivity contribution is -0.135. The topological polar surface area (TPSA) is 26.3 Å². The molecule has 0 unspecified atom stereocenters. The zero-order valence-corrected chi connectivity index (χ0v) is 6.02. The Morgan fingerprint density at radius 2 is 2.40 bits per heavy atom. The van der Waals surface area contributed by atoms with E-state index in [9.17, 15) is 4.79 Å². The van der Waals surface area contributed by atoms with Crippen LogP contribution in [0, 0.1) is 0 Å². The van der Waals surface area contributed by atoms with Crippen molar-refractivity contribution in [1.82, 2.24) is 0 Å². The average molecular weight is 138 g/mol. The predicted molar refractivity (Wildman–Crippen MR) is 38.2 cm³/mol. The maximum absolute atomic E-state index is 10.8. The average Bonchev–Trinajstić information content (AvgIpc) is 1.77. The molecule has 54 valence electrons. The van der Waals surface area contributed by atoms with E-state index in [1.165, 1.54) is 0 Å². The first-order valence-corrected chi connectivity index (χ1v) is 3.27. The molecule has 2 heteroatoms. The van der Waals surface area contributed by atoms with E-state index in [4.69, 9.17) is 4.74 Å². The fraction of sp³-hybridized carbons (Fsp3) is 0.375. The summed E-state index contributed by atoms with van der Waals surface area (Å²) in [6, 6.07) is 0. The van der Waals surface area contributed by atoms with E-state index in [0.29, 0.717) is 5.57 Å². The number of hydrogen-bond donors (Lipinski definition) is 0. The van der Waals surface area contributed by atoms with Gasteiger partial charge in [0.15, 0.2) is 0 Å². The van der Waals surface area contributed by atoms with Crippen molar-refractivity contribution in [1.29, 1.82) is 0 Å². The first kappa shape index (κ1) is 7.06. The molecule has 0 N–H and O–H groups in total. The molecule has 0 saturated carbocycles. The minimum Gasteiger partial charge on any atom is -0.428 e. The second kappa shape index (κ2) is 2.69. The van der Waals surface area contributed by atoms with Gasteiger partial charge in [-0.1, -0.05) is 6.58 Å². The second-order valence-corrected chi connectivity index (χ2v) is 2.38. The molecule has 0 aliphatic heterocycles. The Hall–Kier alpha value is -1.05. The maximum atomic E-state index is 10.8. The molecule has 0 heterocycles. The lowest BCUT2D eigenvalue weighted by atomic mass is 10.1. The molecule has 0 amide bonds. The Morgan fingerprint density at radius 3 is 2.70 bits per heavy atom. The van der Waals surface area contributed by atoms with Crippen LogP contribution in [0.3, 0.4) is 0 Å². The van der Waals surface area contributed by atoms with Crippen LogP contribution in [0.2, 0.25) is 0 Å². The molecule has 2 nitrogen and oxygen atoms in total. The van der Waals surface area contributed by atoms with E-state index in [0.717, 1.165) is 18.6 Å². The summed E-state index contributed by atoms with van der Waals surface area (Å²) in [6.45, 7) is 5.11. The van der Waals surface area contributed by atoms with E-state index in [1.54, 1.807) is 6.92 Å². The number of rotatable bonds is 2. The minimum atomic E-state index is -0.314. The SMILES string of the molecule is C=C(C)C(=O)OC1=CCC1. The lowest BCUT2D eigenvalue weighted by Crippen LogP contribution is -2.08. The van der Waals surface area contributed by atoms with Gasteiger partial charge in [-0.3, -0.25) is 0 Å². The summed E-state index contributed by atoms with van der Waals surface area (Å²) >= 11 is 0. The fourth-order valence-electron chi connectivity index (χ4n) is 0.561. The molecule has 0 fully saturated rings. The van der Waals surface area contributed by atoms with Crippen LogP contribution in [0.5, 0.6) is 0 Å². The Kier molecular flexibility index (Phi) is 1.90. The van der Waals surface area contributed by atoms with Gasteiger partial charge in [-0.15, -0.1) is 0 Å². The van der Waals surface area contributed by atoms with E-state index in [1.807, 2.05) is 6.08 Å². The van der Waals surface area contributed by atoms with Crippen LogP contribution < -0.4 is 0 Å². The van der Waals surface area contributed by atoms with E-state index >= 15 is 0 Å². The molecule has 1 rings (SSSR count). The fourth-order valence-corrected chi connectivity index (χ4v) is 0.561. The number of esters is 1. The van der Waals surface area contributed by atoms with E-state index in [-0.39, 0.29) is 5.97 Å². The van der Waals surface area contributed by atoms with Gasteiger partial charge < -0.3 is 4.74 Å². The maximum Gasteiger partial charge on any atom is 0.338 e. The van der Waals surface area contributed by atoms with Crippen LogP contribution in [0.1, 0.15) is 19.8 Å². The normalized spacial score (nSPS) is 15.1. The van der Waals surface area contributed by atoms with Crippen molar-refractivity contribution in [2.75, 3.05) is 0 Å². The van der Waals surface area contributed by atoms with E-state index < -0.39 is 0 Å². The van der Waals surface area contributed by atoms with Crippen LogP contribution in [-0.2, 0) is 9.53 Å². The second-order valence-electron chi connectivity index (χ2n) is 2.38. The predicted octanol–water partition coefficient (Wildman–Crippen LogP) is 1.78. The molecular weight excluding hydrogens is 128 g/mol. The molecule has 0 aromatic heterocycles. The zero-order chi connectivity index (χ0) is 7.56. The zero-order valence-electron chi connectivity index (χ0n) is 6.02.